The molecule has 1 aliphatic heterocycles. The molecule has 1 saturated carbocycles. The molecular formula is C17H31NO4. The second-order valence-corrected chi connectivity index (χ2v) is 7.19. The average Bonchev–Trinajstić information content (AvgIpc) is 3.33. The number of hydrogen-bond acceptors (Lipinski definition) is 4. The molecule has 5 nitrogen and oxygen atoms in total. The predicted molar refractivity (Wildman–Crippen MR) is 84.5 cm³/mol. The van der Waals surface area contributed by atoms with Gasteiger partial charge in [-0.1, -0.05) is 13.8 Å². The van der Waals surface area contributed by atoms with Gasteiger partial charge in [0.1, 0.15) is 0 Å². The first-order valence-electron chi connectivity index (χ1n) is 8.71. The third kappa shape index (κ3) is 6.23. The van der Waals surface area contributed by atoms with Crippen LogP contribution in [-0.2, 0) is 14.3 Å². The summed E-state index contributed by atoms with van der Waals surface area (Å²) in [5.74, 6) is 1.18. The SMILES string of the molecule is CC(C)CC(OCC1CCOCC1)C(O)C(=O)NCC1CC1. The van der Waals surface area contributed by atoms with E-state index in [0.29, 0.717) is 37.3 Å². The minimum Gasteiger partial charge on any atom is -0.381 e. The molecule has 1 saturated heterocycles. The van der Waals surface area contributed by atoms with E-state index in [1.54, 1.807) is 0 Å². The Morgan fingerprint density at radius 3 is 2.50 bits per heavy atom. The number of nitrogens with one attached hydrogen (secondary N) is 1. The molecule has 2 rings (SSSR count). The van der Waals surface area contributed by atoms with E-state index in [0.717, 1.165) is 26.1 Å². The molecule has 2 unspecified atom stereocenters. The van der Waals surface area contributed by atoms with E-state index in [4.69, 9.17) is 9.47 Å². The van der Waals surface area contributed by atoms with Gasteiger partial charge in [0.2, 0.25) is 0 Å². The Balaban J connectivity index is 1.78. The summed E-state index contributed by atoms with van der Waals surface area (Å²) in [5.41, 5.74) is 0. The van der Waals surface area contributed by atoms with Crippen LogP contribution in [0.3, 0.4) is 0 Å². The van der Waals surface area contributed by atoms with E-state index >= 15 is 0 Å². The van der Waals surface area contributed by atoms with E-state index in [2.05, 4.69) is 19.2 Å². The van der Waals surface area contributed by atoms with Crippen LogP contribution in [0.2, 0.25) is 0 Å². The standard InChI is InChI=1S/C17H31NO4/c1-12(2)9-15(22-11-14-5-7-21-8-6-14)16(19)17(20)18-10-13-3-4-13/h12-16,19H,3-11H2,1-2H3,(H,18,20). The molecule has 0 bridgehead atoms. The topological polar surface area (TPSA) is 67.8 Å². The maximum absolute atomic E-state index is 12.1. The maximum atomic E-state index is 12.1. The van der Waals surface area contributed by atoms with Gasteiger partial charge in [0.05, 0.1) is 12.7 Å². The Labute approximate surface area is 133 Å². The number of aliphatic hydroxyl groups excluding tert-OH is 1. The molecule has 2 fully saturated rings. The molecule has 128 valence electrons. The van der Waals surface area contributed by atoms with Gasteiger partial charge in [-0.05, 0) is 49.9 Å². The van der Waals surface area contributed by atoms with Gasteiger partial charge in [-0.25, -0.2) is 0 Å². The lowest BCUT2D eigenvalue weighted by Gasteiger charge is -2.28. The molecule has 5 heteroatoms. The number of ether oxygens (including phenoxy) is 2. The molecule has 22 heavy (non-hydrogen) atoms. The van der Waals surface area contributed by atoms with Gasteiger partial charge >= 0.3 is 0 Å². The molecule has 0 radical (unpaired) electrons. The zero-order valence-electron chi connectivity index (χ0n) is 13.9. The van der Waals surface area contributed by atoms with Crippen LogP contribution in [0, 0.1) is 17.8 Å². The summed E-state index contributed by atoms with van der Waals surface area (Å²) in [6.45, 7) is 7.03. The number of carbonyl (C=O) groups is 1. The first-order chi connectivity index (χ1) is 10.6. The third-order valence-electron chi connectivity index (χ3n) is 4.47. The monoisotopic (exact) mass is 313 g/mol. The van der Waals surface area contributed by atoms with Gasteiger partial charge in [-0.3, -0.25) is 4.79 Å². The largest absolute Gasteiger partial charge is 0.381 e. The fraction of sp³-hybridized carbons (Fsp3) is 0.941. The molecule has 0 aromatic rings. The zero-order chi connectivity index (χ0) is 15.9. The Kier molecular flexibility index (Phi) is 7.12. The van der Waals surface area contributed by atoms with Crippen molar-refractivity contribution in [1.82, 2.24) is 5.32 Å². The fourth-order valence-electron chi connectivity index (χ4n) is 2.77. The summed E-state index contributed by atoms with van der Waals surface area (Å²) in [6, 6.07) is 0. The van der Waals surface area contributed by atoms with Crippen molar-refractivity contribution in [2.75, 3.05) is 26.4 Å². The summed E-state index contributed by atoms with van der Waals surface area (Å²) in [6.07, 6.45) is 3.58. The summed E-state index contributed by atoms with van der Waals surface area (Å²) in [4.78, 5) is 12.1. The smallest absolute Gasteiger partial charge is 0.251 e. The van der Waals surface area contributed by atoms with Gasteiger partial charge in [0, 0.05) is 19.8 Å². The molecular weight excluding hydrogens is 282 g/mol. The maximum Gasteiger partial charge on any atom is 0.251 e. The molecule has 0 aromatic heterocycles. The Morgan fingerprint density at radius 1 is 1.23 bits per heavy atom. The lowest BCUT2D eigenvalue weighted by Crippen LogP contribution is -2.45. The predicted octanol–water partition coefficient (Wildman–Crippen LogP) is 1.73. The number of carbonyl (C=O) groups excluding carboxylic acids is 1. The normalized spacial score (nSPS) is 22.5. The zero-order valence-corrected chi connectivity index (χ0v) is 13.9. The van der Waals surface area contributed by atoms with Gasteiger partial charge in [-0.2, -0.15) is 0 Å². The van der Waals surface area contributed by atoms with Crippen molar-refractivity contribution < 1.29 is 19.4 Å². The van der Waals surface area contributed by atoms with Crippen LogP contribution in [0.25, 0.3) is 0 Å². The van der Waals surface area contributed by atoms with Crippen molar-refractivity contribution in [1.29, 1.82) is 0 Å². The van der Waals surface area contributed by atoms with E-state index in [9.17, 15) is 9.90 Å². The summed E-state index contributed by atoms with van der Waals surface area (Å²) in [5, 5.41) is 13.2. The van der Waals surface area contributed by atoms with Crippen LogP contribution in [0.15, 0.2) is 0 Å². The molecule has 1 aliphatic carbocycles. The summed E-state index contributed by atoms with van der Waals surface area (Å²) >= 11 is 0. The molecule has 2 atom stereocenters. The van der Waals surface area contributed by atoms with Crippen molar-refractivity contribution in [2.45, 2.75) is 58.2 Å². The third-order valence-corrected chi connectivity index (χ3v) is 4.47. The molecule has 0 spiro atoms. The fourth-order valence-corrected chi connectivity index (χ4v) is 2.77. The lowest BCUT2D eigenvalue weighted by atomic mass is 9.99. The first kappa shape index (κ1) is 17.7. The summed E-state index contributed by atoms with van der Waals surface area (Å²) < 4.78 is 11.3. The van der Waals surface area contributed by atoms with Crippen LogP contribution in [0.5, 0.6) is 0 Å². The highest BCUT2D eigenvalue weighted by Crippen LogP contribution is 2.27. The van der Waals surface area contributed by atoms with E-state index in [1.165, 1.54) is 12.8 Å². The quantitative estimate of drug-likeness (QED) is 0.680. The van der Waals surface area contributed by atoms with Gasteiger partial charge < -0.3 is 19.9 Å². The minimum atomic E-state index is -1.07. The molecule has 2 aliphatic rings. The molecule has 1 heterocycles. The molecule has 2 N–H and O–H groups in total. The number of hydrogen-bond donors (Lipinski definition) is 2. The van der Waals surface area contributed by atoms with Crippen molar-refractivity contribution in [2.24, 2.45) is 17.8 Å². The van der Waals surface area contributed by atoms with Crippen LogP contribution in [0.4, 0.5) is 0 Å². The molecule has 1 amide bonds. The van der Waals surface area contributed by atoms with E-state index < -0.39 is 12.2 Å². The lowest BCUT2D eigenvalue weighted by molar-refractivity contribution is -0.141. The van der Waals surface area contributed by atoms with Crippen LogP contribution >= 0.6 is 0 Å². The van der Waals surface area contributed by atoms with Gasteiger partial charge in [0.25, 0.3) is 5.91 Å². The number of aliphatic hydroxyl groups is 1. The van der Waals surface area contributed by atoms with Gasteiger partial charge in [-0.15, -0.1) is 0 Å². The Morgan fingerprint density at radius 2 is 1.91 bits per heavy atom. The summed E-state index contributed by atoms with van der Waals surface area (Å²) in [7, 11) is 0. The van der Waals surface area contributed by atoms with Crippen molar-refractivity contribution in [3.63, 3.8) is 0 Å². The molecule has 0 aromatic carbocycles. The van der Waals surface area contributed by atoms with E-state index in [1.807, 2.05) is 0 Å². The van der Waals surface area contributed by atoms with Crippen molar-refractivity contribution >= 4 is 5.91 Å². The highest BCUT2D eigenvalue weighted by Gasteiger charge is 2.30. The number of rotatable bonds is 9. The van der Waals surface area contributed by atoms with Crippen molar-refractivity contribution in [3.05, 3.63) is 0 Å². The highest BCUT2D eigenvalue weighted by atomic mass is 16.5. The van der Waals surface area contributed by atoms with Crippen molar-refractivity contribution in [3.8, 4) is 0 Å². The van der Waals surface area contributed by atoms with Gasteiger partial charge in [0.15, 0.2) is 6.10 Å². The second-order valence-electron chi connectivity index (χ2n) is 7.19. The number of amides is 1. The minimum absolute atomic E-state index is 0.287. The average molecular weight is 313 g/mol. The van der Waals surface area contributed by atoms with Crippen LogP contribution in [-0.4, -0.2) is 49.6 Å². The Hall–Kier alpha value is -0.650. The van der Waals surface area contributed by atoms with Crippen LogP contribution < -0.4 is 5.32 Å². The van der Waals surface area contributed by atoms with E-state index in [-0.39, 0.29) is 5.91 Å². The highest BCUT2D eigenvalue weighted by molar-refractivity contribution is 5.81. The van der Waals surface area contributed by atoms with Crippen LogP contribution in [0.1, 0.15) is 46.0 Å². The Bertz CT molecular complexity index is 338. The first-order valence-corrected chi connectivity index (χ1v) is 8.71. The second kappa shape index (κ2) is 8.85.